The van der Waals surface area contributed by atoms with Crippen molar-refractivity contribution in [1.82, 2.24) is 35.8 Å². The fraction of sp³-hybridized carbons (Fsp3) is 0.326. The maximum absolute atomic E-state index is 15.2. The highest BCUT2D eigenvalue weighted by Crippen LogP contribution is 2.25. The molecule has 0 saturated heterocycles. The summed E-state index contributed by atoms with van der Waals surface area (Å²) >= 11 is 0. The van der Waals surface area contributed by atoms with Crippen LogP contribution >= 0.6 is 0 Å². The van der Waals surface area contributed by atoms with Gasteiger partial charge in [-0.2, -0.15) is 0 Å². The summed E-state index contributed by atoms with van der Waals surface area (Å²) in [5.74, 6) is -8.70. The molecule has 3 unspecified atom stereocenters. The van der Waals surface area contributed by atoms with Crippen molar-refractivity contribution >= 4 is 41.5 Å². The summed E-state index contributed by atoms with van der Waals surface area (Å²) in [5, 5.41) is 36.5. The molecule has 5 rings (SSSR count). The van der Waals surface area contributed by atoms with Crippen LogP contribution in [0.1, 0.15) is 74.4 Å². The van der Waals surface area contributed by atoms with Gasteiger partial charge in [0.25, 0.3) is 5.56 Å². The van der Waals surface area contributed by atoms with E-state index in [4.69, 9.17) is 14.8 Å². The Bertz CT molecular complexity index is 2530. The second kappa shape index (κ2) is 23.7. The number of aromatic nitrogens is 3. The molecule has 20 heteroatoms. The smallest absolute Gasteiger partial charge is 0.305 e. The quantitative estimate of drug-likeness (QED) is 0.0392. The number of imidazole rings is 1. The van der Waals surface area contributed by atoms with E-state index >= 15 is 4.39 Å². The number of hydrogen-bond donors (Lipinski definition) is 8. The summed E-state index contributed by atoms with van der Waals surface area (Å²) < 4.78 is 22.4. The highest BCUT2D eigenvalue weighted by molar-refractivity contribution is 5.97. The van der Waals surface area contributed by atoms with Crippen molar-refractivity contribution in [1.29, 1.82) is 0 Å². The molecule has 0 aliphatic carbocycles. The van der Waals surface area contributed by atoms with Gasteiger partial charge in [-0.05, 0) is 41.7 Å². The van der Waals surface area contributed by atoms with Crippen LogP contribution in [-0.2, 0) is 46.4 Å². The molecular formula is C46H50FN7O12. The number of aliphatic carboxylic acids is 3. The summed E-state index contributed by atoms with van der Waals surface area (Å²) in [6.45, 7) is 1.26. The van der Waals surface area contributed by atoms with E-state index in [0.29, 0.717) is 43.5 Å². The number of halogens is 1. The number of benzene rings is 3. The average Bonchev–Trinajstić information content (AvgIpc) is 3.58. The predicted octanol–water partition coefficient (Wildman–Crippen LogP) is 2.94. The first kappa shape index (κ1) is 49.1. The van der Waals surface area contributed by atoms with E-state index in [1.165, 1.54) is 16.7 Å². The lowest BCUT2D eigenvalue weighted by Gasteiger charge is -2.23. The minimum Gasteiger partial charge on any atom is -0.491 e. The molecule has 2 aliphatic rings. The van der Waals surface area contributed by atoms with Crippen LogP contribution in [0.25, 0.3) is 17.1 Å². The zero-order valence-corrected chi connectivity index (χ0v) is 35.9. The summed E-state index contributed by atoms with van der Waals surface area (Å²) in [4.78, 5) is 106. The number of nitrogens with one attached hydrogen (secondary N) is 5. The number of carboxylic acids is 3. The lowest BCUT2D eigenvalue weighted by Crippen LogP contribution is -2.57. The molecule has 0 radical (unpaired) electrons. The Kier molecular flexibility index (Phi) is 17.6. The van der Waals surface area contributed by atoms with Gasteiger partial charge >= 0.3 is 17.9 Å². The van der Waals surface area contributed by atoms with Gasteiger partial charge in [0, 0.05) is 32.5 Å². The fourth-order valence-corrected chi connectivity index (χ4v) is 6.98. The topological polar surface area (TPSA) is 288 Å². The number of H-pyrrole nitrogens is 1. The predicted molar refractivity (Wildman–Crippen MR) is 234 cm³/mol. The summed E-state index contributed by atoms with van der Waals surface area (Å²) in [6.07, 6.45) is 1.66. The lowest BCUT2D eigenvalue weighted by molar-refractivity contribution is -0.144. The van der Waals surface area contributed by atoms with Gasteiger partial charge in [0.1, 0.15) is 23.8 Å². The first-order valence-corrected chi connectivity index (χ1v) is 21.0. The minimum absolute atomic E-state index is 0.0279. The van der Waals surface area contributed by atoms with Crippen molar-refractivity contribution in [2.75, 3.05) is 13.2 Å². The highest BCUT2D eigenvalue weighted by atomic mass is 19.1. The van der Waals surface area contributed by atoms with Crippen LogP contribution in [0.4, 0.5) is 4.39 Å². The molecule has 3 atom stereocenters. The molecule has 0 saturated carbocycles. The van der Waals surface area contributed by atoms with Gasteiger partial charge in [-0.3, -0.25) is 42.9 Å². The Hall–Kier alpha value is -7.90. The van der Waals surface area contributed by atoms with Gasteiger partial charge in [-0.15, -0.1) is 0 Å². The fourth-order valence-electron chi connectivity index (χ4n) is 6.98. The van der Waals surface area contributed by atoms with E-state index in [1.54, 1.807) is 12.3 Å². The maximum Gasteiger partial charge on any atom is 0.305 e. The third-order valence-electron chi connectivity index (χ3n) is 10.1. The van der Waals surface area contributed by atoms with Gasteiger partial charge < -0.3 is 46.3 Å². The normalized spacial score (nSPS) is 12.3. The van der Waals surface area contributed by atoms with Crippen LogP contribution in [-0.4, -0.2) is 103 Å². The number of hydrogen-bond acceptors (Lipinski definition) is 10. The SMILES string of the molecule is CC(=O)NC(CC(=O)O)C(=O)NC(CC(=O)O)C(=O)NC(CC(=O)O)C(=O)NCCCCCCOc1ccc(Cc2nc3c(Cc4ccccc4)[nH]c(-c4ccccc4)cn-3c2=O)cc1F. The van der Waals surface area contributed by atoms with Gasteiger partial charge in [0.15, 0.2) is 17.4 Å². The number of unbranched alkanes of at least 4 members (excludes halogenated alkanes) is 3. The summed E-state index contributed by atoms with van der Waals surface area (Å²) in [7, 11) is 0. The van der Waals surface area contributed by atoms with E-state index in [0.717, 1.165) is 29.4 Å². The maximum atomic E-state index is 15.2. The zero-order valence-electron chi connectivity index (χ0n) is 35.9. The summed E-state index contributed by atoms with van der Waals surface area (Å²) in [5.41, 5.74) is 3.91. The van der Waals surface area contributed by atoms with Gasteiger partial charge in [-0.1, -0.05) is 79.6 Å². The van der Waals surface area contributed by atoms with E-state index in [-0.39, 0.29) is 36.6 Å². The minimum atomic E-state index is -1.86. The van der Waals surface area contributed by atoms with E-state index in [1.807, 2.05) is 66.0 Å². The molecule has 0 bridgehead atoms. The Labute approximate surface area is 377 Å². The molecule has 2 aliphatic heterocycles. The third kappa shape index (κ3) is 14.6. The van der Waals surface area contributed by atoms with Crippen molar-refractivity contribution in [2.45, 2.75) is 82.8 Å². The Morgan fingerprint density at radius 1 is 0.712 bits per heavy atom. The molecule has 3 aromatic carbocycles. The van der Waals surface area contributed by atoms with Crippen LogP contribution in [0.3, 0.4) is 0 Å². The molecule has 2 heterocycles. The second-order valence-corrected chi connectivity index (χ2v) is 15.4. The van der Waals surface area contributed by atoms with Crippen LogP contribution in [0.5, 0.6) is 5.75 Å². The third-order valence-corrected chi connectivity index (χ3v) is 10.1. The van der Waals surface area contributed by atoms with Crippen LogP contribution in [0.15, 0.2) is 89.9 Å². The van der Waals surface area contributed by atoms with Crippen molar-refractivity contribution in [3.63, 3.8) is 0 Å². The van der Waals surface area contributed by atoms with Crippen LogP contribution in [0, 0.1) is 5.82 Å². The lowest BCUT2D eigenvalue weighted by atomic mass is 10.1. The molecule has 348 valence electrons. The largest absolute Gasteiger partial charge is 0.491 e. The molecular weight excluding hydrogens is 862 g/mol. The molecule has 66 heavy (non-hydrogen) atoms. The van der Waals surface area contributed by atoms with E-state index in [2.05, 4.69) is 20.9 Å². The number of carbonyl (C=O) groups excluding carboxylic acids is 4. The molecule has 0 fully saturated rings. The number of nitrogens with zero attached hydrogens (tertiary/aromatic N) is 2. The first-order valence-electron chi connectivity index (χ1n) is 21.0. The Balaban J connectivity index is 1.09. The molecule has 4 amide bonds. The van der Waals surface area contributed by atoms with Crippen molar-refractivity contribution in [2.24, 2.45) is 0 Å². The number of fused-ring (bicyclic) bond motifs is 1. The van der Waals surface area contributed by atoms with Crippen molar-refractivity contribution in [3.05, 3.63) is 124 Å². The first-order chi connectivity index (χ1) is 31.6. The molecule has 19 nitrogen and oxygen atoms in total. The molecule has 8 N–H and O–H groups in total. The standard InChI is InChI=1S/C46H50FN7O12/c1-27(55)49-34(24-40(58)59)44(63)53-35(25-41(60)61)45(64)52-33(23-39(56)57)43(62)48-18-10-2-3-11-19-66-38-17-16-29(20-31(38)47)22-36-46(65)54-26-37(30-14-8-5-9-15-30)50-32(42(54)51-36)21-28-12-6-4-7-13-28/h4-9,12-17,20,26,33-35,50H,2-3,10-11,18-19,21-25H2,1H3,(H,48,62)(H,49,55)(H,52,64)(H,53,63)(H,56,57)(H,58,59)(H,60,61). The number of carbonyl (C=O) groups is 7. The molecule has 0 spiro atoms. The highest BCUT2D eigenvalue weighted by Gasteiger charge is 2.32. The number of rotatable bonds is 25. The average molecular weight is 912 g/mol. The van der Waals surface area contributed by atoms with Crippen molar-refractivity contribution in [3.8, 4) is 22.8 Å². The number of ether oxygens (including phenoxy) is 1. The second-order valence-electron chi connectivity index (χ2n) is 15.4. The Morgan fingerprint density at radius 3 is 1.88 bits per heavy atom. The van der Waals surface area contributed by atoms with Gasteiger partial charge in [0.2, 0.25) is 23.6 Å². The van der Waals surface area contributed by atoms with Crippen molar-refractivity contribution < 1.29 is 58.0 Å². The molecule has 0 aromatic heterocycles. The van der Waals surface area contributed by atoms with E-state index in [9.17, 15) is 48.6 Å². The zero-order chi connectivity index (χ0) is 47.8. The number of carboxylic acid groups (broad SMARTS) is 3. The number of amides is 4. The van der Waals surface area contributed by atoms with Crippen LogP contribution in [0.2, 0.25) is 0 Å². The Morgan fingerprint density at radius 2 is 1.29 bits per heavy atom. The van der Waals surface area contributed by atoms with E-state index < -0.39 is 84.7 Å². The molecule has 3 aromatic rings. The monoisotopic (exact) mass is 911 g/mol. The summed E-state index contributed by atoms with van der Waals surface area (Å²) in [6, 6.07) is 18.7. The van der Waals surface area contributed by atoms with Gasteiger partial charge in [-0.25, -0.2) is 9.37 Å². The van der Waals surface area contributed by atoms with Gasteiger partial charge in [0.05, 0.1) is 37.3 Å². The number of aromatic amines is 1. The van der Waals surface area contributed by atoms with Crippen LogP contribution < -0.4 is 31.6 Å².